The molecule has 0 aliphatic heterocycles. The van der Waals surface area contributed by atoms with Crippen molar-refractivity contribution in [2.75, 3.05) is 6.61 Å². The quantitative estimate of drug-likeness (QED) is 0.457. The summed E-state index contributed by atoms with van der Waals surface area (Å²) >= 11 is 1.40. The predicted molar refractivity (Wildman–Crippen MR) is 96.8 cm³/mol. The lowest BCUT2D eigenvalue weighted by Crippen LogP contribution is -2.13. The number of hydrogen-bond acceptors (Lipinski definition) is 5. The Bertz CT molecular complexity index is 861. The van der Waals surface area contributed by atoms with E-state index in [4.69, 9.17) is 9.15 Å². The number of aryl methyl sites for hydroxylation is 2. The normalized spacial score (nSPS) is 10.6. The van der Waals surface area contributed by atoms with Crippen molar-refractivity contribution in [2.45, 2.75) is 19.8 Å². The SMILES string of the molecule is Cc1ccc(C(=O)COC(=O)CCc2ccc(-c3ccccc3)o2)s1. The zero-order chi connectivity index (χ0) is 17.6. The molecule has 0 unspecified atom stereocenters. The maximum absolute atomic E-state index is 11.9. The first kappa shape index (κ1) is 17.2. The van der Waals surface area contributed by atoms with Gasteiger partial charge < -0.3 is 9.15 Å². The molecule has 0 saturated heterocycles. The van der Waals surface area contributed by atoms with Crippen LogP contribution in [-0.2, 0) is 16.0 Å². The number of Topliss-reactive ketones (excluding diaryl/α,β-unsaturated/α-hetero) is 1. The number of carbonyl (C=O) groups excluding carboxylic acids is 2. The highest BCUT2D eigenvalue weighted by Crippen LogP contribution is 2.22. The van der Waals surface area contributed by atoms with Crippen LogP contribution in [0.5, 0.6) is 0 Å². The number of esters is 1. The van der Waals surface area contributed by atoms with Crippen molar-refractivity contribution in [1.82, 2.24) is 0 Å². The van der Waals surface area contributed by atoms with E-state index in [2.05, 4.69) is 0 Å². The monoisotopic (exact) mass is 354 g/mol. The van der Waals surface area contributed by atoms with Crippen molar-refractivity contribution in [3.63, 3.8) is 0 Å². The van der Waals surface area contributed by atoms with E-state index in [0.29, 0.717) is 11.3 Å². The molecular weight excluding hydrogens is 336 g/mol. The second kappa shape index (κ2) is 7.94. The highest BCUT2D eigenvalue weighted by Gasteiger charge is 2.13. The molecule has 3 rings (SSSR count). The Morgan fingerprint density at radius 3 is 2.56 bits per heavy atom. The molecule has 0 fully saturated rings. The molecule has 0 atom stereocenters. The van der Waals surface area contributed by atoms with E-state index < -0.39 is 5.97 Å². The van der Waals surface area contributed by atoms with Crippen LogP contribution in [-0.4, -0.2) is 18.4 Å². The maximum atomic E-state index is 11.9. The smallest absolute Gasteiger partial charge is 0.306 e. The summed E-state index contributed by atoms with van der Waals surface area (Å²) in [5.41, 5.74) is 0.994. The Kier molecular flexibility index (Phi) is 5.46. The summed E-state index contributed by atoms with van der Waals surface area (Å²) in [6, 6.07) is 17.1. The Balaban J connectivity index is 1.46. The van der Waals surface area contributed by atoms with Gasteiger partial charge in [-0.3, -0.25) is 9.59 Å². The third kappa shape index (κ3) is 4.67. The van der Waals surface area contributed by atoms with E-state index in [1.807, 2.05) is 55.5 Å². The lowest BCUT2D eigenvalue weighted by molar-refractivity contribution is -0.142. The largest absolute Gasteiger partial charge is 0.461 e. The van der Waals surface area contributed by atoms with Crippen LogP contribution in [0.1, 0.15) is 26.7 Å². The van der Waals surface area contributed by atoms with Crippen LogP contribution in [0.15, 0.2) is 59.0 Å². The van der Waals surface area contributed by atoms with Crippen LogP contribution in [0.25, 0.3) is 11.3 Å². The Hall–Kier alpha value is -2.66. The van der Waals surface area contributed by atoms with Crippen LogP contribution in [0, 0.1) is 6.92 Å². The van der Waals surface area contributed by atoms with E-state index in [-0.39, 0.29) is 18.8 Å². The van der Waals surface area contributed by atoms with Crippen molar-refractivity contribution in [3.8, 4) is 11.3 Å². The fourth-order valence-electron chi connectivity index (χ4n) is 2.37. The topological polar surface area (TPSA) is 56.5 Å². The molecule has 0 saturated carbocycles. The predicted octanol–water partition coefficient (Wildman–Crippen LogP) is 4.68. The summed E-state index contributed by atoms with van der Waals surface area (Å²) in [5, 5.41) is 0. The molecule has 4 nitrogen and oxygen atoms in total. The van der Waals surface area contributed by atoms with Gasteiger partial charge in [-0.25, -0.2) is 0 Å². The van der Waals surface area contributed by atoms with Gasteiger partial charge in [0.25, 0.3) is 0 Å². The number of furan rings is 1. The van der Waals surface area contributed by atoms with Gasteiger partial charge in [-0.15, -0.1) is 11.3 Å². The number of ketones is 1. The summed E-state index contributed by atoms with van der Waals surface area (Å²) in [4.78, 5) is 25.4. The second-order valence-corrected chi connectivity index (χ2v) is 6.91. The Morgan fingerprint density at radius 2 is 1.84 bits per heavy atom. The van der Waals surface area contributed by atoms with Crippen LogP contribution in [0.2, 0.25) is 0 Å². The van der Waals surface area contributed by atoms with Crippen molar-refractivity contribution in [3.05, 3.63) is 70.1 Å². The van der Waals surface area contributed by atoms with Gasteiger partial charge in [-0.2, -0.15) is 0 Å². The minimum Gasteiger partial charge on any atom is -0.461 e. The summed E-state index contributed by atoms with van der Waals surface area (Å²) in [7, 11) is 0. The van der Waals surface area contributed by atoms with Gasteiger partial charge in [-0.1, -0.05) is 30.3 Å². The van der Waals surface area contributed by atoms with Crippen LogP contribution in [0.4, 0.5) is 0 Å². The molecule has 128 valence electrons. The first-order valence-corrected chi connectivity index (χ1v) is 8.83. The zero-order valence-electron chi connectivity index (χ0n) is 13.9. The third-order valence-electron chi connectivity index (χ3n) is 3.67. The molecule has 3 aromatic rings. The standard InChI is InChI=1S/C20H18O4S/c1-14-7-11-19(25-14)17(21)13-23-20(22)12-9-16-8-10-18(24-16)15-5-3-2-4-6-15/h2-8,10-11H,9,12-13H2,1H3. The molecule has 0 spiro atoms. The van der Waals surface area contributed by atoms with E-state index in [1.165, 1.54) is 11.3 Å². The van der Waals surface area contributed by atoms with E-state index in [9.17, 15) is 9.59 Å². The molecule has 1 aromatic carbocycles. The van der Waals surface area contributed by atoms with Crippen LogP contribution in [0.3, 0.4) is 0 Å². The van der Waals surface area contributed by atoms with Crippen molar-refractivity contribution in [1.29, 1.82) is 0 Å². The first-order valence-electron chi connectivity index (χ1n) is 8.01. The minimum atomic E-state index is -0.403. The highest BCUT2D eigenvalue weighted by molar-refractivity contribution is 7.14. The first-order chi connectivity index (χ1) is 12.1. The van der Waals surface area contributed by atoms with Crippen LogP contribution >= 0.6 is 11.3 Å². The van der Waals surface area contributed by atoms with Crippen molar-refractivity contribution in [2.24, 2.45) is 0 Å². The van der Waals surface area contributed by atoms with Gasteiger partial charge >= 0.3 is 5.97 Å². The number of rotatable bonds is 7. The van der Waals surface area contributed by atoms with Crippen LogP contribution < -0.4 is 0 Å². The zero-order valence-corrected chi connectivity index (χ0v) is 14.7. The summed E-state index contributed by atoms with van der Waals surface area (Å²) in [5.74, 6) is 0.915. The molecule has 0 aliphatic carbocycles. The molecule has 0 radical (unpaired) electrons. The van der Waals surface area contributed by atoms with Gasteiger partial charge in [0.15, 0.2) is 6.61 Å². The molecule has 25 heavy (non-hydrogen) atoms. The Labute approximate surface area is 150 Å². The number of hydrogen-bond donors (Lipinski definition) is 0. The van der Waals surface area contributed by atoms with Gasteiger partial charge in [0.05, 0.1) is 11.3 Å². The van der Waals surface area contributed by atoms with Gasteiger partial charge in [0.2, 0.25) is 5.78 Å². The lowest BCUT2D eigenvalue weighted by Gasteiger charge is -2.02. The summed E-state index contributed by atoms with van der Waals surface area (Å²) in [6.45, 7) is 1.72. The van der Waals surface area contributed by atoms with Crippen molar-refractivity contribution < 1.29 is 18.7 Å². The molecule has 0 N–H and O–H groups in total. The Morgan fingerprint density at radius 1 is 1.04 bits per heavy atom. The number of ether oxygens (including phenoxy) is 1. The lowest BCUT2D eigenvalue weighted by atomic mass is 10.2. The molecule has 0 aliphatic rings. The second-order valence-electron chi connectivity index (χ2n) is 5.63. The van der Waals surface area contributed by atoms with E-state index in [1.54, 1.807) is 6.07 Å². The summed E-state index contributed by atoms with van der Waals surface area (Å²) < 4.78 is 10.8. The number of thiophene rings is 1. The molecule has 0 bridgehead atoms. The molecule has 2 heterocycles. The average Bonchev–Trinajstić information content (AvgIpc) is 3.28. The third-order valence-corrected chi connectivity index (χ3v) is 4.72. The number of carbonyl (C=O) groups is 2. The van der Waals surface area contributed by atoms with Gasteiger partial charge in [0.1, 0.15) is 11.5 Å². The average molecular weight is 354 g/mol. The highest BCUT2D eigenvalue weighted by atomic mass is 32.1. The molecule has 5 heteroatoms. The van der Waals surface area contributed by atoms with Gasteiger partial charge in [-0.05, 0) is 31.2 Å². The molecule has 2 aromatic heterocycles. The molecular formula is C20H18O4S. The molecule has 0 amide bonds. The van der Waals surface area contributed by atoms with Gasteiger partial charge in [0, 0.05) is 16.9 Å². The maximum Gasteiger partial charge on any atom is 0.306 e. The van der Waals surface area contributed by atoms with E-state index in [0.717, 1.165) is 22.0 Å². The fourth-order valence-corrected chi connectivity index (χ4v) is 3.16. The minimum absolute atomic E-state index is 0.171. The number of benzene rings is 1. The van der Waals surface area contributed by atoms with Crippen molar-refractivity contribution >= 4 is 23.1 Å². The van der Waals surface area contributed by atoms with E-state index >= 15 is 0 Å². The fraction of sp³-hybridized carbons (Fsp3) is 0.200. The summed E-state index contributed by atoms with van der Waals surface area (Å²) in [6.07, 6.45) is 0.621.